The minimum Gasteiger partial charge on any atom is -0.316 e. The monoisotopic (exact) mass is 373 g/mol. The molecule has 0 amide bonds. The van der Waals surface area contributed by atoms with Crippen LogP contribution in [0, 0.1) is 5.92 Å². The molecule has 20 heavy (non-hydrogen) atoms. The van der Waals surface area contributed by atoms with E-state index in [4.69, 9.17) is 11.6 Å². The van der Waals surface area contributed by atoms with E-state index in [1.54, 1.807) is 11.3 Å². The molecule has 0 aliphatic rings. The van der Waals surface area contributed by atoms with E-state index in [1.807, 2.05) is 18.2 Å². The van der Waals surface area contributed by atoms with Crippen molar-refractivity contribution >= 4 is 38.9 Å². The Morgan fingerprint density at radius 2 is 2.15 bits per heavy atom. The molecule has 0 aliphatic carbocycles. The van der Waals surface area contributed by atoms with Crippen LogP contribution in [0.5, 0.6) is 0 Å². The highest BCUT2D eigenvalue weighted by atomic mass is 79.9. The van der Waals surface area contributed by atoms with Crippen molar-refractivity contribution in [3.63, 3.8) is 0 Å². The number of halogens is 2. The first-order valence-electron chi connectivity index (χ1n) is 6.55. The van der Waals surface area contributed by atoms with Gasteiger partial charge in [-0.3, -0.25) is 0 Å². The van der Waals surface area contributed by atoms with E-state index in [2.05, 4.69) is 45.3 Å². The summed E-state index contributed by atoms with van der Waals surface area (Å²) in [5, 5.41) is 14.6. The summed E-state index contributed by atoms with van der Waals surface area (Å²) in [6, 6.07) is 5.71. The summed E-state index contributed by atoms with van der Waals surface area (Å²) in [5.41, 5.74) is 1.04. The van der Waals surface area contributed by atoms with Crippen LogP contribution in [0.25, 0.3) is 10.6 Å². The number of nitrogens with one attached hydrogen (secondary N) is 1. The standard InChI is InChI=1S/C14H17BrClN3S/c1-9(2)8-17-6-5-13-18-19-14(20-13)11-4-3-10(16)7-12(11)15/h3-4,7,9,17H,5-6,8H2,1-2H3. The van der Waals surface area contributed by atoms with Gasteiger partial charge in [0.1, 0.15) is 10.0 Å². The molecule has 0 radical (unpaired) electrons. The maximum Gasteiger partial charge on any atom is 0.148 e. The lowest BCUT2D eigenvalue weighted by Gasteiger charge is -2.05. The van der Waals surface area contributed by atoms with Crippen LogP contribution in [0.15, 0.2) is 22.7 Å². The SMILES string of the molecule is CC(C)CNCCc1nnc(-c2ccc(Cl)cc2Br)s1. The summed E-state index contributed by atoms with van der Waals surface area (Å²) < 4.78 is 0.950. The van der Waals surface area contributed by atoms with E-state index < -0.39 is 0 Å². The third-order valence-corrected chi connectivity index (χ3v) is 4.60. The Kier molecular flexibility index (Phi) is 5.96. The fourth-order valence-corrected chi connectivity index (χ4v) is 3.59. The minimum atomic E-state index is 0.671. The lowest BCUT2D eigenvalue weighted by atomic mass is 10.2. The van der Waals surface area contributed by atoms with Gasteiger partial charge in [-0.05, 0) is 30.7 Å². The van der Waals surface area contributed by atoms with Gasteiger partial charge in [0.15, 0.2) is 0 Å². The molecule has 0 unspecified atom stereocenters. The molecule has 2 rings (SSSR count). The maximum atomic E-state index is 5.95. The molecule has 2 aromatic rings. The van der Waals surface area contributed by atoms with Gasteiger partial charge in [-0.2, -0.15) is 0 Å². The molecule has 108 valence electrons. The van der Waals surface area contributed by atoms with Crippen LogP contribution in [0.2, 0.25) is 5.02 Å². The van der Waals surface area contributed by atoms with Crippen molar-refractivity contribution in [3.05, 3.63) is 32.7 Å². The summed E-state index contributed by atoms with van der Waals surface area (Å²) >= 11 is 11.1. The number of benzene rings is 1. The summed E-state index contributed by atoms with van der Waals surface area (Å²) in [6.45, 7) is 6.38. The fourth-order valence-electron chi connectivity index (χ4n) is 1.71. The van der Waals surface area contributed by atoms with Crippen molar-refractivity contribution in [2.75, 3.05) is 13.1 Å². The molecule has 0 atom stereocenters. The highest BCUT2D eigenvalue weighted by Gasteiger charge is 2.10. The zero-order valence-corrected chi connectivity index (χ0v) is 14.6. The molecule has 0 aliphatic heterocycles. The minimum absolute atomic E-state index is 0.671. The van der Waals surface area contributed by atoms with Crippen molar-refractivity contribution in [3.8, 4) is 10.6 Å². The van der Waals surface area contributed by atoms with Crippen LogP contribution < -0.4 is 5.32 Å². The molecule has 0 saturated heterocycles. The fraction of sp³-hybridized carbons (Fsp3) is 0.429. The zero-order valence-electron chi connectivity index (χ0n) is 11.5. The van der Waals surface area contributed by atoms with Gasteiger partial charge in [0.2, 0.25) is 0 Å². The van der Waals surface area contributed by atoms with Gasteiger partial charge in [-0.1, -0.05) is 52.7 Å². The number of rotatable bonds is 6. The predicted molar refractivity (Wildman–Crippen MR) is 89.5 cm³/mol. The third-order valence-electron chi connectivity index (χ3n) is 2.70. The summed E-state index contributed by atoms with van der Waals surface area (Å²) in [5.74, 6) is 0.671. The molecule has 1 aromatic carbocycles. The van der Waals surface area contributed by atoms with Crippen LogP contribution in [-0.4, -0.2) is 23.3 Å². The zero-order chi connectivity index (χ0) is 14.5. The first-order valence-corrected chi connectivity index (χ1v) is 8.53. The topological polar surface area (TPSA) is 37.8 Å². The van der Waals surface area contributed by atoms with E-state index in [1.165, 1.54) is 0 Å². The van der Waals surface area contributed by atoms with Crippen LogP contribution in [0.1, 0.15) is 18.9 Å². The second-order valence-corrected chi connectivity index (χ2v) is 7.33. The molecule has 3 nitrogen and oxygen atoms in total. The first-order chi connectivity index (χ1) is 9.56. The summed E-state index contributed by atoms with van der Waals surface area (Å²) in [6.07, 6.45) is 0.912. The third kappa shape index (κ3) is 4.52. The second kappa shape index (κ2) is 7.50. The molecule has 1 heterocycles. The summed E-state index contributed by atoms with van der Waals surface area (Å²) in [7, 11) is 0. The van der Waals surface area contributed by atoms with Crippen LogP contribution >= 0.6 is 38.9 Å². The summed E-state index contributed by atoms with van der Waals surface area (Å²) in [4.78, 5) is 0. The highest BCUT2D eigenvalue weighted by molar-refractivity contribution is 9.10. The van der Waals surface area contributed by atoms with Gasteiger partial charge in [0.05, 0.1) is 0 Å². The van der Waals surface area contributed by atoms with Crippen molar-refractivity contribution in [1.29, 1.82) is 0 Å². The number of hydrogen-bond donors (Lipinski definition) is 1. The smallest absolute Gasteiger partial charge is 0.148 e. The number of aromatic nitrogens is 2. The van der Waals surface area contributed by atoms with Crippen molar-refractivity contribution in [1.82, 2.24) is 15.5 Å². The second-order valence-electron chi connectivity index (χ2n) is 4.97. The van der Waals surface area contributed by atoms with Gasteiger partial charge < -0.3 is 5.32 Å². The van der Waals surface area contributed by atoms with Crippen LogP contribution in [0.4, 0.5) is 0 Å². The number of hydrogen-bond acceptors (Lipinski definition) is 4. The lowest BCUT2D eigenvalue weighted by Crippen LogP contribution is -2.22. The predicted octanol–water partition coefficient (Wildman–Crippen LogP) is 4.41. The van der Waals surface area contributed by atoms with Crippen molar-refractivity contribution in [2.45, 2.75) is 20.3 Å². The molecule has 0 spiro atoms. The molecular weight excluding hydrogens is 358 g/mol. The van der Waals surface area contributed by atoms with E-state index in [0.29, 0.717) is 10.9 Å². The average Bonchev–Trinajstić information content (AvgIpc) is 2.83. The highest BCUT2D eigenvalue weighted by Crippen LogP contribution is 2.32. The Balaban J connectivity index is 1.98. The van der Waals surface area contributed by atoms with E-state index in [0.717, 1.165) is 39.6 Å². The van der Waals surface area contributed by atoms with Gasteiger partial charge in [0.25, 0.3) is 0 Å². The Labute approximate surface area is 136 Å². The molecule has 0 bridgehead atoms. The lowest BCUT2D eigenvalue weighted by molar-refractivity contribution is 0.553. The van der Waals surface area contributed by atoms with E-state index in [-0.39, 0.29) is 0 Å². The first kappa shape index (κ1) is 15.9. The van der Waals surface area contributed by atoms with Crippen LogP contribution in [-0.2, 0) is 6.42 Å². The Bertz CT molecular complexity index is 571. The quantitative estimate of drug-likeness (QED) is 0.761. The van der Waals surface area contributed by atoms with Gasteiger partial charge in [-0.25, -0.2) is 0 Å². The van der Waals surface area contributed by atoms with Crippen molar-refractivity contribution < 1.29 is 0 Å². The Morgan fingerprint density at radius 1 is 1.35 bits per heavy atom. The largest absolute Gasteiger partial charge is 0.316 e. The van der Waals surface area contributed by atoms with Crippen molar-refractivity contribution in [2.24, 2.45) is 5.92 Å². The van der Waals surface area contributed by atoms with Gasteiger partial charge in [-0.15, -0.1) is 10.2 Å². The Morgan fingerprint density at radius 3 is 2.85 bits per heavy atom. The van der Waals surface area contributed by atoms with E-state index >= 15 is 0 Å². The maximum absolute atomic E-state index is 5.95. The Hall–Kier alpha value is -0.490. The molecule has 1 N–H and O–H groups in total. The molecule has 0 saturated carbocycles. The normalized spacial score (nSPS) is 11.2. The average molecular weight is 375 g/mol. The van der Waals surface area contributed by atoms with E-state index in [9.17, 15) is 0 Å². The molecule has 0 fully saturated rings. The number of nitrogens with zero attached hydrogens (tertiary/aromatic N) is 2. The molecular formula is C14H17BrClN3S. The molecule has 6 heteroatoms. The van der Waals surface area contributed by atoms with Gasteiger partial charge in [0, 0.05) is 28.0 Å². The van der Waals surface area contributed by atoms with Gasteiger partial charge >= 0.3 is 0 Å². The molecule has 1 aromatic heterocycles. The van der Waals surface area contributed by atoms with Crippen LogP contribution in [0.3, 0.4) is 0 Å².